The molecule has 0 radical (unpaired) electrons. The predicted octanol–water partition coefficient (Wildman–Crippen LogP) is 2.79. The lowest BCUT2D eigenvalue weighted by molar-refractivity contribution is 0.363. The first-order valence-corrected chi connectivity index (χ1v) is 4.18. The lowest BCUT2D eigenvalue weighted by Gasteiger charge is -2.13. The highest BCUT2D eigenvalue weighted by Gasteiger charge is 2.27. The monoisotopic (exact) mass is 225 g/mol. The summed E-state index contributed by atoms with van der Waals surface area (Å²) in [5, 5.41) is 0. The maximum absolute atomic E-state index is 13.0. The van der Waals surface area contributed by atoms with Gasteiger partial charge in [-0.25, -0.2) is 22.0 Å². The van der Waals surface area contributed by atoms with Crippen molar-refractivity contribution in [1.29, 1.82) is 0 Å². The van der Waals surface area contributed by atoms with Crippen molar-refractivity contribution >= 4 is 0 Å². The number of halogens is 5. The van der Waals surface area contributed by atoms with E-state index in [1.165, 1.54) is 6.92 Å². The fourth-order valence-corrected chi connectivity index (χ4v) is 1.15. The van der Waals surface area contributed by atoms with Gasteiger partial charge in [0.1, 0.15) is 0 Å². The lowest BCUT2D eigenvalue weighted by Crippen LogP contribution is -2.17. The Labute approximate surface area is 82.7 Å². The molecule has 0 saturated heterocycles. The first-order valence-electron chi connectivity index (χ1n) is 4.18. The van der Waals surface area contributed by atoms with Crippen molar-refractivity contribution in [3.63, 3.8) is 0 Å². The molecule has 1 nitrogen and oxygen atoms in total. The van der Waals surface area contributed by atoms with Gasteiger partial charge in [0.15, 0.2) is 23.3 Å². The van der Waals surface area contributed by atoms with E-state index in [-0.39, 0.29) is 6.42 Å². The minimum Gasteiger partial charge on any atom is -0.324 e. The summed E-state index contributed by atoms with van der Waals surface area (Å²) in [5.41, 5.74) is 4.28. The summed E-state index contributed by atoms with van der Waals surface area (Å²) >= 11 is 0. The van der Waals surface area contributed by atoms with Crippen molar-refractivity contribution < 1.29 is 22.0 Å². The van der Waals surface area contributed by atoms with Crippen molar-refractivity contribution in [2.24, 2.45) is 5.73 Å². The van der Waals surface area contributed by atoms with Crippen LogP contribution in [0.25, 0.3) is 0 Å². The zero-order valence-corrected chi connectivity index (χ0v) is 7.75. The van der Waals surface area contributed by atoms with Crippen molar-refractivity contribution in [2.75, 3.05) is 0 Å². The summed E-state index contributed by atoms with van der Waals surface area (Å²) in [6, 6.07) is -1.21. The molecule has 1 aromatic carbocycles. The number of rotatable bonds is 2. The Kier molecular flexibility index (Phi) is 3.28. The van der Waals surface area contributed by atoms with Crippen LogP contribution in [0.15, 0.2) is 0 Å². The molecule has 6 heteroatoms. The minimum atomic E-state index is -2.17. The van der Waals surface area contributed by atoms with Crippen LogP contribution in [-0.2, 0) is 0 Å². The molecule has 1 unspecified atom stereocenters. The van der Waals surface area contributed by atoms with Gasteiger partial charge in [0.2, 0.25) is 5.82 Å². The molecule has 0 saturated carbocycles. The van der Waals surface area contributed by atoms with Gasteiger partial charge in [-0.15, -0.1) is 0 Å². The predicted molar refractivity (Wildman–Crippen MR) is 43.5 cm³/mol. The first kappa shape index (κ1) is 11.9. The fraction of sp³-hybridized carbons (Fsp3) is 0.333. The van der Waals surface area contributed by atoms with Gasteiger partial charge in [0, 0.05) is 11.6 Å². The molecule has 1 aromatic rings. The minimum absolute atomic E-state index is 0.0678. The molecular weight excluding hydrogens is 217 g/mol. The average Bonchev–Trinajstić information content (AvgIpc) is 2.23. The third kappa shape index (κ3) is 1.81. The molecule has 15 heavy (non-hydrogen) atoms. The summed E-state index contributed by atoms with van der Waals surface area (Å²) in [4.78, 5) is 0. The molecule has 0 aliphatic heterocycles. The van der Waals surface area contributed by atoms with E-state index in [0.29, 0.717) is 0 Å². The summed E-state index contributed by atoms with van der Waals surface area (Å²) in [7, 11) is 0. The maximum Gasteiger partial charge on any atom is 0.200 e. The molecule has 1 rings (SSSR count). The lowest BCUT2D eigenvalue weighted by atomic mass is 10.0. The van der Waals surface area contributed by atoms with Crippen LogP contribution >= 0.6 is 0 Å². The number of benzene rings is 1. The molecule has 1 atom stereocenters. The summed E-state index contributed by atoms with van der Waals surface area (Å²) in [5.74, 6) is -9.82. The van der Waals surface area contributed by atoms with Gasteiger partial charge in [-0.3, -0.25) is 0 Å². The second-order valence-electron chi connectivity index (χ2n) is 3.00. The number of nitrogens with two attached hydrogens (primary N) is 1. The van der Waals surface area contributed by atoms with Crippen LogP contribution in [0.1, 0.15) is 24.9 Å². The molecule has 0 bridgehead atoms. The average molecular weight is 225 g/mol. The van der Waals surface area contributed by atoms with Gasteiger partial charge < -0.3 is 5.73 Å². The molecule has 2 N–H and O–H groups in total. The van der Waals surface area contributed by atoms with Crippen LogP contribution < -0.4 is 5.73 Å². The highest BCUT2D eigenvalue weighted by atomic mass is 19.2. The Morgan fingerprint density at radius 2 is 1.20 bits per heavy atom. The third-order valence-corrected chi connectivity index (χ3v) is 2.05. The quantitative estimate of drug-likeness (QED) is 0.467. The fourth-order valence-electron chi connectivity index (χ4n) is 1.15. The normalized spacial score (nSPS) is 13.0. The third-order valence-electron chi connectivity index (χ3n) is 2.05. The Bertz CT molecular complexity index is 362. The van der Waals surface area contributed by atoms with Crippen LogP contribution in [-0.4, -0.2) is 0 Å². The van der Waals surface area contributed by atoms with Crippen molar-refractivity contribution in [3.8, 4) is 0 Å². The molecule has 0 aromatic heterocycles. The smallest absolute Gasteiger partial charge is 0.200 e. The van der Waals surface area contributed by atoms with Gasteiger partial charge >= 0.3 is 0 Å². The number of hydrogen-bond donors (Lipinski definition) is 1. The standard InChI is InChI=1S/C9H8F5N/c1-2-3(15)4-5(10)7(12)9(14)8(13)6(4)11/h3H,2,15H2,1H3. The largest absolute Gasteiger partial charge is 0.324 e. The summed E-state index contributed by atoms with van der Waals surface area (Å²) in [6.07, 6.45) is 0.0678. The van der Waals surface area contributed by atoms with E-state index < -0.39 is 40.7 Å². The van der Waals surface area contributed by atoms with Crippen molar-refractivity contribution in [3.05, 3.63) is 34.6 Å². The van der Waals surface area contributed by atoms with Crippen LogP contribution in [0, 0.1) is 29.1 Å². The molecular formula is C9H8F5N. The highest BCUT2D eigenvalue weighted by molar-refractivity contribution is 5.26. The van der Waals surface area contributed by atoms with Crippen LogP contribution in [0.2, 0.25) is 0 Å². The van der Waals surface area contributed by atoms with E-state index in [0.717, 1.165) is 0 Å². The van der Waals surface area contributed by atoms with Gasteiger partial charge in [-0.2, -0.15) is 0 Å². The summed E-state index contributed by atoms with van der Waals surface area (Å²) < 4.78 is 64.0. The zero-order valence-electron chi connectivity index (χ0n) is 7.75. The molecule has 84 valence electrons. The Balaban J connectivity index is 3.52. The molecule has 0 amide bonds. The molecule has 0 aliphatic carbocycles. The Morgan fingerprint density at radius 1 is 0.867 bits per heavy atom. The van der Waals surface area contributed by atoms with Crippen LogP contribution in [0.3, 0.4) is 0 Å². The Hall–Kier alpha value is -1.17. The van der Waals surface area contributed by atoms with E-state index in [1.54, 1.807) is 0 Å². The highest BCUT2D eigenvalue weighted by Crippen LogP contribution is 2.27. The zero-order chi connectivity index (χ0) is 11.7. The molecule has 0 fully saturated rings. The van der Waals surface area contributed by atoms with Crippen LogP contribution in [0.5, 0.6) is 0 Å². The van der Waals surface area contributed by atoms with Gasteiger partial charge in [0.25, 0.3) is 0 Å². The maximum atomic E-state index is 13.0. The van der Waals surface area contributed by atoms with Gasteiger partial charge in [-0.05, 0) is 6.42 Å². The first-order chi connectivity index (χ1) is 6.91. The van der Waals surface area contributed by atoms with Crippen molar-refractivity contribution in [2.45, 2.75) is 19.4 Å². The van der Waals surface area contributed by atoms with E-state index in [9.17, 15) is 22.0 Å². The van der Waals surface area contributed by atoms with Crippen molar-refractivity contribution in [1.82, 2.24) is 0 Å². The van der Waals surface area contributed by atoms with E-state index >= 15 is 0 Å². The van der Waals surface area contributed by atoms with Gasteiger partial charge in [-0.1, -0.05) is 6.92 Å². The molecule has 0 spiro atoms. The van der Waals surface area contributed by atoms with E-state index in [4.69, 9.17) is 5.73 Å². The van der Waals surface area contributed by atoms with E-state index in [1.807, 2.05) is 0 Å². The topological polar surface area (TPSA) is 26.0 Å². The molecule has 0 aliphatic rings. The Morgan fingerprint density at radius 3 is 1.53 bits per heavy atom. The van der Waals surface area contributed by atoms with E-state index in [2.05, 4.69) is 0 Å². The van der Waals surface area contributed by atoms with Crippen LogP contribution in [0.4, 0.5) is 22.0 Å². The second-order valence-corrected chi connectivity index (χ2v) is 3.00. The SMILES string of the molecule is CCC(N)c1c(F)c(F)c(F)c(F)c1F. The molecule has 0 heterocycles. The second kappa shape index (κ2) is 4.14. The number of hydrogen-bond acceptors (Lipinski definition) is 1. The van der Waals surface area contributed by atoms with Gasteiger partial charge in [0.05, 0.1) is 0 Å². The summed E-state index contributed by atoms with van der Waals surface area (Å²) in [6.45, 7) is 1.47.